The summed E-state index contributed by atoms with van der Waals surface area (Å²) in [6.07, 6.45) is 6.22. The Labute approximate surface area is 195 Å². The highest BCUT2D eigenvalue weighted by Gasteiger charge is 2.27. The molecule has 0 spiro atoms. The van der Waals surface area contributed by atoms with E-state index in [4.69, 9.17) is 4.74 Å². The molecule has 0 atom stereocenters. The Hall–Kier alpha value is -4.46. The van der Waals surface area contributed by atoms with Gasteiger partial charge in [0.2, 0.25) is 0 Å². The monoisotopic (exact) mass is 450 g/mol. The van der Waals surface area contributed by atoms with Crippen LogP contribution in [0.15, 0.2) is 79.1 Å². The van der Waals surface area contributed by atoms with E-state index in [9.17, 15) is 4.79 Å². The second kappa shape index (κ2) is 8.47. The van der Waals surface area contributed by atoms with Crippen LogP contribution >= 0.6 is 0 Å². The van der Waals surface area contributed by atoms with Crippen molar-refractivity contribution in [3.8, 4) is 17.1 Å². The highest BCUT2D eigenvalue weighted by molar-refractivity contribution is 6.04. The minimum absolute atomic E-state index is 0.208. The van der Waals surface area contributed by atoms with E-state index >= 15 is 0 Å². The molecule has 3 heterocycles. The molecule has 6 rings (SSSR count). The Morgan fingerprint density at radius 2 is 1.94 bits per heavy atom. The number of fused-ring (bicyclic) bond motifs is 1. The number of hydrogen-bond acceptors (Lipinski definition) is 5. The summed E-state index contributed by atoms with van der Waals surface area (Å²) < 4.78 is 7.82. The normalized spacial score (nSPS) is 13.2. The van der Waals surface area contributed by atoms with E-state index in [0.29, 0.717) is 35.3 Å². The van der Waals surface area contributed by atoms with E-state index in [-0.39, 0.29) is 5.91 Å². The summed E-state index contributed by atoms with van der Waals surface area (Å²) >= 11 is 0. The van der Waals surface area contributed by atoms with E-state index in [1.807, 2.05) is 65.3 Å². The summed E-state index contributed by atoms with van der Waals surface area (Å²) in [5.41, 5.74) is 3.80. The summed E-state index contributed by atoms with van der Waals surface area (Å²) in [6.45, 7) is 0.317. The van der Waals surface area contributed by atoms with Gasteiger partial charge in [0.25, 0.3) is 5.91 Å². The van der Waals surface area contributed by atoms with Crippen LogP contribution in [0.5, 0.6) is 5.75 Å². The third-order valence-corrected chi connectivity index (χ3v) is 5.76. The van der Waals surface area contributed by atoms with Crippen LogP contribution in [0.25, 0.3) is 17.0 Å². The number of nitrogens with zero attached hydrogens (tertiary/aromatic N) is 4. The maximum absolute atomic E-state index is 12.8. The number of carbonyl (C=O) groups excluding carboxylic acids is 1. The molecule has 8 heteroatoms. The molecule has 3 aromatic heterocycles. The zero-order valence-corrected chi connectivity index (χ0v) is 18.3. The molecular weight excluding hydrogens is 428 g/mol. The van der Waals surface area contributed by atoms with Crippen molar-refractivity contribution in [3.05, 3.63) is 96.2 Å². The second-order valence-electron chi connectivity index (χ2n) is 8.36. The number of aromatic amines is 1. The molecule has 0 aliphatic heterocycles. The molecule has 1 saturated carbocycles. The molecule has 168 valence electrons. The smallest absolute Gasteiger partial charge is 0.255 e. The van der Waals surface area contributed by atoms with Crippen LogP contribution in [0.4, 0.5) is 5.69 Å². The first-order valence-corrected chi connectivity index (χ1v) is 11.2. The van der Waals surface area contributed by atoms with Crippen molar-refractivity contribution in [3.63, 3.8) is 0 Å². The van der Waals surface area contributed by atoms with E-state index in [1.165, 1.54) is 12.8 Å². The lowest BCUT2D eigenvalue weighted by Crippen LogP contribution is -2.12. The van der Waals surface area contributed by atoms with Gasteiger partial charge in [0.15, 0.2) is 5.82 Å². The second-order valence-corrected chi connectivity index (χ2v) is 8.36. The number of anilines is 1. The van der Waals surface area contributed by atoms with Crippen molar-refractivity contribution >= 4 is 17.2 Å². The van der Waals surface area contributed by atoms with Gasteiger partial charge >= 0.3 is 0 Å². The van der Waals surface area contributed by atoms with E-state index in [2.05, 4.69) is 25.5 Å². The van der Waals surface area contributed by atoms with Crippen LogP contribution in [0, 0.1) is 0 Å². The summed E-state index contributed by atoms with van der Waals surface area (Å²) in [5.74, 6) is 2.56. The number of nitrogens with one attached hydrogen (secondary N) is 2. The van der Waals surface area contributed by atoms with Gasteiger partial charge in [-0.25, -0.2) is 9.97 Å². The average molecular weight is 451 g/mol. The molecule has 5 aromatic rings. The van der Waals surface area contributed by atoms with Gasteiger partial charge in [-0.1, -0.05) is 12.1 Å². The molecule has 2 aromatic carbocycles. The number of benzene rings is 2. The molecule has 1 fully saturated rings. The Kier molecular flexibility index (Phi) is 5.03. The van der Waals surface area contributed by atoms with Gasteiger partial charge in [0.1, 0.15) is 23.8 Å². The SMILES string of the molecule is O=C(Nc1ccc(-c2n[nH]c(C3CC3)n2)cc1)c1cccc(OCc2cn3ccccc3n2)c1. The molecule has 34 heavy (non-hydrogen) atoms. The van der Waals surface area contributed by atoms with Gasteiger partial charge in [-0.3, -0.25) is 9.89 Å². The standard InChI is InChI=1S/C26H22N6O2/c33-26(28-20-11-9-18(10-12-20)25-29-24(30-31-25)17-7-8-17)19-4-3-5-22(14-19)34-16-21-15-32-13-2-1-6-23(32)27-21/h1-6,9-15,17H,7-8,16H2,(H,28,33)(H,29,30,31). The molecule has 1 amide bonds. The number of ether oxygens (including phenoxy) is 1. The fraction of sp³-hybridized carbons (Fsp3) is 0.154. The first-order valence-electron chi connectivity index (χ1n) is 11.2. The molecule has 0 saturated heterocycles. The lowest BCUT2D eigenvalue weighted by molar-refractivity contribution is 0.102. The molecule has 0 bridgehead atoms. The van der Waals surface area contributed by atoms with Crippen molar-refractivity contribution in [1.82, 2.24) is 24.6 Å². The number of aromatic nitrogens is 5. The fourth-order valence-corrected chi connectivity index (χ4v) is 3.79. The third-order valence-electron chi connectivity index (χ3n) is 5.76. The van der Waals surface area contributed by atoms with Gasteiger partial charge in [-0.2, -0.15) is 5.10 Å². The first-order chi connectivity index (χ1) is 16.7. The topological polar surface area (TPSA) is 97.2 Å². The van der Waals surface area contributed by atoms with Crippen molar-refractivity contribution in [2.24, 2.45) is 0 Å². The third kappa shape index (κ3) is 4.25. The molecule has 1 aliphatic rings. The van der Waals surface area contributed by atoms with Gasteiger partial charge < -0.3 is 14.5 Å². The van der Waals surface area contributed by atoms with Crippen molar-refractivity contribution < 1.29 is 9.53 Å². The van der Waals surface area contributed by atoms with Crippen LogP contribution in [0.1, 0.15) is 40.6 Å². The molecular formula is C26H22N6O2. The van der Waals surface area contributed by atoms with Gasteiger partial charge in [0.05, 0.1) is 5.69 Å². The summed E-state index contributed by atoms with van der Waals surface area (Å²) in [6, 6.07) is 20.5. The number of hydrogen-bond donors (Lipinski definition) is 2. The van der Waals surface area contributed by atoms with Gasteiger partial charge in [-0.05, 0) is 67.4 Å². The van der Waals surface area contributed by atoms with Crippen LogP contribution in [0.2, 0.25) is 0 Å². The zero-order chi connectivity index (χ0) is 22.9. The maximum atomic E-state index is 12.8. The Morgan fingerprint density at radius 3 is 2.76 bits per heavy atom. The van der Waals surface area contributed by atoms with Crippen LogP contribution < -0.4 is 10.1 Å². The highest BCUT2D eigenvalue weighted by Crippen LogP contribution is 2.38. The molecule has 1 aliphatic carbocycles. The number of amides is 1. The average Bonchev–Trinajstić information content (AvgIpc) is 3.45. The molecule has 2 N–H and O–H groups in total. The molecule has 0 unspecified atom stereocenters. The summed E-state index contributed by atoms with van der Waals surface area (Å²) in [4.78, 5) is 21.9. The minimum Gasteiger partial charge on any atom is -0.487 e. The summed E-state index contributed by atoms with van der Waals surface area (Å²) in [7, 11) is 0. The van der Waals surface area contributed by atoms with Crippen molar-refractivity contribution in [1.29, 1.82) is 0 Å². The maximum Gasteiger partial charge on any atom is 0.255 e. The Bertz CT molecular complexity index is 1430. The van der Waals surface area contributed by atoms with E-state index in [1.54, 1.807) is 18.2 Å². The van der Waals surface area contributed by atoms with Crippen LogP contribution in [0.3, 0.4) is 0 Å². The van der Waals surface area contributed by atoms with Gasteiger partial charge in [0, 0.05) is 35.1 Å². The Balaban J connectivity index is 1.10. The number of carbonyl (C=O) groups is 1. The minimum atomic E-state index is -0.208. The predicted octanol–water partition coefficient (Wildman–Crippen LogP) is 4.83. The predicted molar refractivity (Wildman–Crippen MR) is 128 cm³/mol. The van der Waals surface area contributed by atoms with E-state index < -0.39 is 0 Å². The number of H-pyrrole nitrogens is 1. The lowest BCUT2D eigenvalue weighted by atomic mass is 10.1. The van der Waals surface area contributed by atoms with Crippen LogP contribution in [-0.4, -0.2) is 30.5 Å². The van der Waals surface area contributed by atoms with Crippen LogP contribution in [-0.2, 0) is 6.61 Å². The first kappa shape index (κ1) is 20.2. The highest BCUT2D eigenvalue weighted by atomic mass is 16.5. The lowest BCUT2D eigenvalue weighted by Gasteiger charge is -2.08. The number of pyridine rings is 1. The quantitative estimate of drug-likeness (QED) is 0.370. The Morgan fingerprint density at radius 1 is 1.06 bits per heavy atom. The molecule has 8 nitrogen and oxygen atoms in total. The number of imidazole rings is 1. The van der Waals surface area contributed by atoms with Crippen molar-refractivity contribution in [2.45, 2.75) is 25.4 Å². The molecule has 0 radical (unpaired) electrons. The van der Waals surface area contributed by atoms with Gasteiger partial charge in [-0.15, -0.1) is 0 Å². The fourth-order valence-electron chi connectivity index (χ4n) is 3.79. The summed E-state index contributed by atoms with van der Waals surface area (Å²) in [5, 5.41) is 10.3. The van der Waals surface area contributed by atoms with Crippen molar-refractivity contribution in [2.75, 3.05) is 5.32 Å². The van der Waals surface area contributed by atoms with E-state index in [0.717, 1.165) is 22.7 Å². The zero-order valence-electron chi connectivity index (χ0n) is 18.3. The largest absolute Gasteiger partial charge is 0.487 e. The number of rotatable bonds is 7.